The molecule has 7 heteroatoms. The van der Waals surface area contributed by atoms with Crippen LogP contribution in [0.25, 0.3) is 0 Å². The first-order valence-corrected chi connectivity index (χ1v) is 21.7. The molecule has 1 saturated heterocycles. The van der Waals surface area contributed by atoms with E-state index in [-0.39, 0.29) is 17.2 Å². The molecule has 0 spiro atoms. The van der Waals surface area contributed by atoms with Gasteiger partial charge in [0.25, 0.3) is 8.32 Å². The number of benzene rings is 4. The molecule has 0 N–H and O–H groups in total. The maximum Gasteiger partial charge on any atom is 0.288 e. The summed E-state index contributed by atoms with van der Waals surface area (Å²) in [5.41, 5.74) is 1.08. The molecule has 4 aromatic carbocycles. The minimum Gasteiger partial charge on any atom is -0.408 e. The third kappa shape index (κ3) is 8.06. The van der Waals surface area contributed by atoms with Crippen molar-refractivity contribution in [2.45, 2.75) is 103 Å². The Kier molecular flexibility index (Phi) is 11.4. The second kappa shape index (κ2) is 15.1. The van der Waals surface area contributed by atoms with Crippen LogP contribution in [-0.4, -0.2) is 53.4 Å². The lowest BCUT2D eigenvalue weighted by molar-refractivity contribution is -0.306. The largest absolute Gasteiger partial charge is 0.408 e. The van der Waals surface area contributed by atoms with Crippen LogP contribution in [0.5, 0.6) is 0 Å². The molecular weight excluding hydrogens is 617 g/mol. The second-order valence-electron chi connectivity index (χ2n) is 14.4. The lowest BCUT2D eigenvalue weighted by Crippen LogP contribution is -2.74. The van der Waals surface area contributed by atoms with Gasteiger partial charge in [-0.15, -0.1) is 0 Å². The molecule has 1 heterocycles. The van der Waals surface area contributed by atoms with Crippen molar-refractivity contribution in [3.8, 4) is 0 Å². The minimum absolute atomic E-state index is 0.0374. The lowest BCUT2D eigenvalue weighted by atomic mass is 9.99. The van der Waals surface area contributed by atoms with Crippen LogP contribution in [0.15, 0.2) is 121 Å². The van der Waals surface area contributed by atoms with Gasteiger partial charge in [-0.25, -0.2) is 0 Å². The van der Waals surface area contributed by atoms with Crippen molar-refractivity contribution in [2.75, 3.05) is 0 Å². The predicted molar refractivity (Wildman–Crippen MR) is 196 cm³/mol. The molecular formula is C40H52O5Si2. The van der Waals surface area contributed by atoms with Crippen LogP contribution >= 0.6 is 0 Å². The monoisotopic (exact) mass is 668 g/mol. The van der Waals surface area contributed by atoms with Crippen LogP contribution in [-0.2, 0) is 29.7 Å². The highest BCUT2D eigenvalue weighted by molar-refractivity contribution is 7.07. The summed E-state index contributed by atoms with van der Waals surface area (Å²) in [7, 11) is -5.48. The van der Waals surface area contributed by atoms with Gasteiger partial charge < -0.3 is 23.1 Å². The first-order chi connectivity index (χ1) is 22.4. The van der Waals surface area contributed by atoms with E-state index in [2.05, 4.69) is 144 Å². The fourth-order valence-electron chi connectivity index (χ4n) is 6.03. The zero-order chi connectivity index (χ0) is 33.7. The van der Waals surface area contributed by atoms with Gasteiger partial charge in [-0.05, 0) is 60.0 Å². The Morgan fingerprint density at radius 3 is 1.51 bits per heavy atom. The van der Waals surface area contributed by atoms with Crippen molar-refractivity contribution in [3.05, 3.63) is 127 Å². The summed E-state index contributed by atoms with van der Waals surface area (Å²) in [5.74, 6) is 0. The van der Waals surface area contributed by atoms with Crippen molar-refractivity contribution in [1.29, 1.82) is 0 Å². The van der Waals surface area contributed by atoms with Crippen LogP contribution in [0.1, 0.15) is 47.1 Å². The van der Waals surface area contributed by atoms with Gasteiger partial charge in [-0.3, -0.25) is 0 Å². The van der Waals surface area contributed by atoms with Gasteiger partial charge in [0.1, 0.15) is 12.2 Å². The molecule has 0 radical (unpaired) electrons. The Bertz CT molecular complexity index is 1410. The molecule has 0 amide bonds. The van der Waals surface area contributed by atoms with Crippen LogP contribution in [0.4, 0.5) is 0 Å². The molecule has 4 aromatic rings. The van der Waals surface area contributed by atoms with E-state index >= 15 is 0 Å². The second-order valence-corrected chi connectivity index (χ2v) is 22.4. The number of hydrogen-bond acceptors (Lipinski definition) is 5. The molecule has 1 fully saturated rings. The van der Waals surface area contributed by atoms with Crippen LogP contribution in [0, 0.1) is 0 Å². The van der Waals surface area contributed by atoms with Crippen molar-refractivity contribution in [1.82, 2.24) is 0 Å². The molecule has 5 nitrogen and oxygen atoms in total. The standard InChI is InChI=1S/C40H52O5Si2/c1-30(2)42-39-38(41-29-32-21-13-9-14-22-32)37(44-46(7,8)40(4,5)6)36(31(3)43-39)45-47(33-23-15-10-16-24-33,34-25-17-11-18-26-34)35-27-19-12-20-28-35/h9-28,30-31,36-39H,29H2,1-8H3/t31-,36-,37+,38+,39+/m0/s1. The quantitative estimate of drug-likeness (QED) is 0.118. The van der Waals surface area contributed by atoms with Crippen LogP contribution < -0.4 is 15.6 Å². The molecule has 0 bridgehead atoms. The van der Waals surface area contributed by atoms with E-state index in [1.165, 1.54) is 0 Å². The van der Waals surface area contributed by atoms with E-state index in [1.54, 1.807) is 0 Å². The fraction of sp³-hybridized carbons (Fsp3) is 0.400. The average molecular weight is 669 g/mol. The highest BCUT2D eigenvalue weighted by Crippen LogP contribution is 2.41. The molecule has 1 aliphatic heterocycles. The summed E-state index contributed by atoms with van der Waals surface area (Å²) in [6, 6.07) is 42.3. The molecule has 250 valence electrons. The summed E-state index contributed by atoms with van der Waals surface area (Å²) in [6.07, 6.45) is -2.45. The summed E-state index contributed by atoms with van der Waals surface area (Å²) in [5, 5.41) is 3.46. The Morgan fingerprint density at radius 2 is 1.09 bits per heavy atom. The highest BCUT2D eigenvalue weighted by Gasteiger charge is 2.55. The SMILES string of the molecule is CC(C)O[C@@H]1O[C@@H](C)[C@H](O[Si](c2ccccc2)(c2ccccc2)c2ccccc2)[C@@H](O[Si](C)(C)C(C)(C)C)[C@H]1OCc1ccccc1. The van der Waals surface area contributed by atoms with Gasteiger partial charge in [0, 0.05) is 0 Å². The summed E-state index contributed by atoms with van der Waals surface area (Å²) in [6.45, 7) is 18.0. The maximum atomic E-state index is 7.83. The van der Waals surface area contributed by atoms with Crippen molar-refractivity contribution >= 4 is 32.2 Å². The number of hydrogen-bond donors (Lipinski definition) is 0. The zero-order valence-electron chi connectivity index (χ0n) is 29.3. The normalized spacial score (nSPS) is 22.4. The fourth-order valence-corrected chi connectivity index (χ4v) is 11.5. The van der Waals surface area contributed by atoms with Crippen molar-refractivity contribution < 1.29 is 23.1 Å². The van der Waals surface area contributed by atoms with Gasteiger partial charge >= 0.3 is 0 Å². The maximum absolute atomic E-state index is 7.83. The van der Waals surface area contributed by atoms with Gasteiger partial charge in [0.2, 0.25) is 0 Å². The highest BCUT2D eigenvalue weighted by atomic mass is 28.4. The molecule has 1 aliphatic rings. The Balaban J connectivity index is 1.68. The first-order valence-electron chi connectivity index (χ1n) is 16.9. The Labute approximate surface area is 284 Å². The number of rotatable bonds is 12. The lowest BCUT2D eigenvalue weighted by Gasteiger charge is -2.51. The number of ether oxygens (including phenoxy) is 3. The Morgan fingerprint density at radius 1 is 0.638 bits per heavy atom. The third-order valence-corrected chi connectivity index (χ3v) is 18.0. The molecule has 5 atom stereocenters. The average Bonchev–Trinajstić information content (AvgIpc) is 3.05. The van der Waals surface area contributed by atoms with Crippen molar-refractivity contribution in [3.63, 3.8) is 0 Å². The smallest absolute Gasteiger partial charge is 0.288 e. The molecule has 0 aromatic heterocycles. The molecule has 47 heavy (non-hydrogen) atoms. The third-order valence-electron chi connectivity index (χ3n) is 9.51. The van der Waals surface area contributed by atoms with Crippen LogP contribution in [0.3, 0.4) is 0 Å². The van der Waals surface area contributed by atoms with Gasteiger partial charge in [0.15, 0.2) is 14.6 Å². The Hall–Kier alpha value is -2.89. The van der Waals surface area contributed by atoms with E-state index in [9.17, 15) is 0 Å². The topological polar surface area (TPSA) is 46.2 Å². The van der Waals surface area contributed by atoms with E-state index in [1.807, 2.05) is 32.0 Å². The van der Waals surface area contributed by atoms with E-state index < -0.39 is 41.2 Å². The summed E-state index contributed by atoms with van der Waals surface area (Å²) >= 11 is 0. The zero-order valence-corrected chi connectivity index (χ0v) is 31.3. The van der Waals surface area contributed by atoms with Crippen LogP contribution in [0.2, 0.25) is 18.1 Å². The minimum atomic E-state index is -3.13. The van der Waals surface area contributed by atoms with Gasteiger partial charge in [-0.2, -0.15) is 0 Å². The van der Waals surface area contributed by atoms with E-state index in [4.69, 9.17) is 23.1 Å². The molecule has 0 unspecified atom stereocenters. The van der Waals surface area contributed by atoms with Crippen molar-refractivity contribution in [2.24, 2.45) is 0 Å². The van der Waals surface area contributed by atoms with E-state index in [0.29, 0.717) is 6.61 Å². The van der Waals surface area contributed by atoms with Gasteiger partial charge in [-0.1, -0.05) is 142 Å². The summed E-state index contributed by atoms with van der Waals surface area (Å²) in [4.78, 5) is 0. The van der Waals surface area contributed by atoms with Gasteiger partial charge in [0.05, 0.1) is 24.9 Å². The summed E-state index contributed by atoms with van der Waals surface area (Å²) < 4.78 is 35.4. The molecule has 5 rings (SSSR count). The predicted octanol–water partition coefficient (Wildman–Crippen LogP) is 7.18. The molecule has 0 aliphatic carbocycles. The first kappa shape index (κ1) is 35.4. The molecule has 0 saturated carbocycles. The van der Waals surface area contributed by atoms with E-state index in [0.717, 1.165) is 21.1 Å².